The molecule has 0 aliphatic rings. The van der Waals surface area contributed by atoms with Crippen molar-refractivity contribution in [1.82, 2.24) is 15.3 Å². The van der Waals surface area contributed by atoms with Gasteiger partial charge in [-0.25, -0.2) is 9.59 Å². The zero-order valence-corrected chi connectivity index (χ0v) is 15.3. The molecule has 2 aromatic heterocycles. The maximum atomic E-state index is 11.9. The summed E-state index contributed by atoms with van der Waals surface area (Å²) in [4.78, 5) is 32.0. The number of alkyl carbamates (subject to hydrolysis) is 1. The van der Waals surface area contributed by atoms with Crippen LogP contribution in [0.2, 0.25) is 0 Å². The van der Waals surface area contributed by atoms with Crippen LogP contribution < -0.4 is 5.32 Å². The third-order valence-corrected chi connectivity index (χ3v) is 3.43. The van der Waals surface area contributed by atoms with Gasteiger partial charge in [-0.3, -0.25) is 9.97 Å². The van der Waals surface area contributed by atoms with E-state index in [4.69, 9.17) is 4.74 Å². The maximum absolute atomic E-state index is 11.9. The number of ether oxygens (including phenoxy) is 1. The van der Waals surface area contributed by atoms with Gasteiger partial charge in [0.05, 0.1) is 11.4 Å². The van der Waals surface area contributed by atoms with E-state index in [1.165, 1.54) is 0 Å². The summed E-state index contributed by atoms with van der Waals surface area (Å²) in [5.41, 5.74) is 2.43. The predicted octanol–water partition coefficient (Wildman–Crippen LogP) is 2.97. The number of carbonyl (C=O) groups is 2. The van der Waals surface area contributed by atoms with Gasteiger partial charge in [-0.2, -0.15) is 0 Å². The molecule has 0 aromatic carbocycles. The quantitative estimate of drug-likeness (QED) is 0.853. The molecule has 0 fully saturated rings. The number of aryl methyl sites for hydroxylation is 1. The molecule has 0 aliphatic heterocycles. The molecule has 2 N–H and O–H groups in total. The van der Waals surface area contributed by atoms with Crippen LogP contribution in [0.15, 0.2) is 36.7 Å². The second-order valence-electron chi connectivity index (χ2n) is 7.01. The van der Waals surface area contributed by atoms with Crippen LogP contribution in [-0.2, 0) is 16.0 Å². The molecule has 1 amide bonds. The molecule has 0 saturated heterocycles. The molecule has 1 unspecified atom stereocenters. The Labute approximate surface area is 152 Å². The summed E-state index contributed by atoms with van der Waals surface area (Å²) >= 11 is 0. The molecule has 7 heteroatoms. The largest absolute Gasteiger partial charge is 0.480 e. The summed E-state index contributed by atoms with van der Waals surface area (Å²) in [7, 11) is 0. The Balaban J connectivity index is 2.15. The summed E-state index contributed by atoms with van der Waals surface area (Å²) in [6.45, 7) is 7.10. The van der Waals surface area contributed by atoms with Crippen LogP contribution >= 0.6 is 0 Å². The van der Waals surface area contributed by atoms with Crippen molar-refractivity contribution in [1.29, 1.82) is 0 Å². The Morgan fingerprint density at radius 1 is 1.15 bits per heavy atom. The van der Waals surface area contributed by atoms with E-state index in [9.17, 15) is 14.7 Å². The Morgan fingerprint density at radius 2 is 1.77 bits per heavy atom. The zero-order valence-electron chi connectivity index (χ0n) is 15.3. The fourth-order valence-electron chi connectivity index (χ4n) is 2.30. The number of amides is 1. The molecular weight excluding hydrogens is 334 g/mol. The lowest BCUT2D eigenvalue weighted by Gasteiger charge is -2.22. The summed E-state index contributed by atoms with van der Waals surface area (Å²) in [6, 6.07) is 6.17. The standard InChI is InChI=1S/C19H23N3O4/c1-12-5-7-20-14(9-12)15-10-13(6-8-21-15)11-16(17(23)24)22-18(25)26-19(2,3)4/h5-10,16H,11H2,1-4H3,(H,22,25)(H,23,24). The third-order valence-electron chi connectivity index (χ3n) is 3.43. The van der Waals surface area contributed by atoms with E-state index in [-0.39, 0.29) is 6.42 Å². The van der Waals surface area contributed by atoms with E-state index in [1.54, 1.807) is 45.3 Å². The molecule has 0 bridgehead atoms. The minimum absolute atomic E-state index is 0.107. The Kier molecular flexibility index (Phi) is 5.92. The van der Waals surface area contributed by atoms with Gasteiger partial charge >= 0.3 is 12.1 Å². The number of hydrogen-bond acceptors (Lipinski definition) is 5. The van der Waals surface area contributed by atoms with Crippen LogP contribution in [0.4, 0.5) is 4.79 Å². The van der Waals surface area contributed by atoms with Crippen molar-refractivity contribution in [2.24, 2.45) is 0 Å². The van der Waals surface area contributed by atoms with E-state index in [0.29, 0.717) is 11.4 Å². The SMILES string of the molecule is Cc1ccnc(-c2cc(CC(NC(=O)OC(C)(C)C)C(=O)O)ccn2)c1. The Bertz CT molecular complexity index is 799. The fraction of sp³-hybridized carbons (Fsp3) is 0.368. The van der Waals surface area contributed by atoms with Crippen molar-refractivity contribution in [2.75, 3.05) is 0 Å². The van der Waals surface area contributed by atoms with Gasteiger partial charge in [-0.1, -0.05) is 0 Å². The number of rotatable bonds is 5. The van der Waals surface area contributed by atoms with E-state index in [0.717, 1.165) is 11.1 Å². The molecule has 26 heavy (non-hydrogen) atoms. The summed E-state index contributed by atoms with van der Waals surface area (Å²) in [6.07, 6.45) is 2.64. The molecule has 1 atom stereocenters. The average Bonchev–Trinajstić information content (AvgIpc) is 2.52. The highest BCUT2D eigenvalue weighted by atomic mass is 16.6. The lowest BCUT2D eigenvalue weighted by atomic mass is 10.1. The lowest BCUT2D eigenvalue weighted by molar-refractivity contribution is -0.139. The van der Waals surface area contributed by atoms with Crippen molar-refractivity contribution >= 4 is 12.1 Å². The van der Waals surface area contributed by atoms with Crippen molar-refractivity contribution in [3.8, 4) is 11.4 Å². The van der Waals surface area contributed by atoms with Gasteiger partial charge in [0.2, 0.25) is 0 Å². The number of aromatic nitrogens is 2. The van der Waals surface area contributed by atoms with E-state index in [1.807, 2.05) is 19.1 Å². The first-order valence-electron chi connectivity index (χ1n) is 8.24. The highest BCUT2D eigenvalue weighted by molar-refractivity contribution is 5.80. The minimum Gasteiger partial charge on any atom is -0.480 e. The Morgan fingerprint density at radius 3 is 2.35 bits per heavy atom. The summed E-state index contributed by atoms with van der Waals surface area (Å²) < 4.78 is 5.13. The topological polar surface area (TPSA) is 101 Å². The first-order chi connectivity index (χ1) is 12.1. The predicted molar refractivity (Wildman–Crippen MR) is 96.7 cm³/mol. The van der Waals surface area contributed by atoms with Crippen molar-refractivity contribution in [3.05, 3.63) is 47.8 Å². The average molecular weight is 357 g/mol. The monoisotopic (exact) mass is 357 g/mol. The van der Waals surface area contributed by atoms with Gasteiger partial charge in [-0.15, -0.1) is 0 Å². The van der Waals surface area contributed by atoms with Crippen molar-refractivity contribution in [2.45, 2.75) is 45.8 Å². The number of pyridine rings is 2. The maximum Gasteiger partial charge on any atom is 0.408 e. The molecule has 0 radical (unpaired) electrons. The number of hydrogen-bond donors (Lipinski definition) is 2. The van der Waals surface area contributed by atoms with Gasteiger partial charge in [0.25, 0.3) is 0 Å². The number of carboxylic acids is 1. The molecule has 2 aromatic rings. The third kappa shape index (κ3) is 5.84. The highest BCUT2D eigenvalue weighted by Crippen LogP contribution is 2.17. The smallest absolute Gasteiger partial charge is 0.408 e. The van der Waals surface area contributed by atoms with Crippen molar-refractivity contribution in [3.63, 3.8) is 0 Å². The molecule has 138 valence electrons. The molecule has 2 rings (SSSR count). The highest BCUT2D eigenvalue weighted by Gasteiger charge is 2.24. The second kappa shape index (κ2) is 7.95. The second-order valence-corrected chi connectivity index (χ2v) is 7.01. The number of carboxylic acid groups (broad SMARTS) is 1. The van der Waals surface area contributed by atoms with Gasteiger partial charge in [-0.05, 0) is 63.1 Å². The van der Waals surface area contributed by atoms with Crippen LogP contribution in [0.3, 0.4) is 0 Å². The fourth-order valence-corrected chi connectivity index (χ4v) is 2.30. The van der Waals surface area contributed by atoms with Crippen LogP contribution in [0.25, 0.3) is 11.4 Å². The van der Waals surface area contributed by atoms with Gasteiger partial charge in [0.15, 0.2) is 0 Å². The normalized spacial score (nSPS) is 12.3. The summed E-state index contributed by atoms with van der Waals surface area (Å²) in [5.74, 6) is -1.14. The van der Waals surface area contributed by atoms with Crippen molar-refractivity contribution < 1.29 is 19.4 Å². The van der Waals surface area contributed by atoms with E-state index in [2.05, 4.69) is 15.3 Å². The minimum atomic E-state index is -1.14. The zero-order chi connectivity index (χ0) is 19.3. The first-order valence-corrected chi connectivity index (χ1v) is 8.24. The first kappa shape index (κ1) is 19.4. The van der Waals surface area contributed by atoms with E-state index < -0.39 is 23.7 Å². The Hall–Kier alpha value is -2.96. The molecule has 0 spiro atoms. The van der Waals surface area contributed by atoms with Crippen LogP contribution in [-0.4, -0.2) is 38.8 Å². The molecule has 7 nitrogen and oxygen atoms in total. The van der Waals surface area contributed by atoms with Gasteiger partial charge < -0.3 is 15.2 Å². The number of nitrogens with one attached hydrogen (secondary N) is 1. The molecule has 0 aliphatic carbocycles. The molecule has 0 saturated carbocycles. The van der Waals surface area contributed by atoms with E-state index >= 15 is 0 Å². The number of nitrogens with zero attached hydrogens (tertiary/aromatic N) is 2. The van der Waals surface area contributed by atoms with Crippen LogP contribution in [0.5, 0.6) is 0 Å². The number of carbonyl (C=O) groups excluding carboxylic acids is 1. The molecule has 2 heterocycles. The molecular formula is C19H23N3O4. The summed E-state index contributed by atoms with van der Waals surface area (Å²) in [5, 5.41) is 11.8. The van der Waals surface area contributed by atoms with Gasteiger partial charge in [0.1, 0.15) is 11.6 Å². The van der Waals surface area contributed by atoms with Crippen LogP contribution in [0.1, 0.15) is 31.9 Å². The number of aliphatic carboxylic acids is 1. The van der Waals surface area contributed by atoms with Crippen LogP contribution in [0, 0.1) is 6.92 Å². The lowest BCUT2D eigenvalue weighted by Crippen LogP contribution is -2.44. The van der Waals surface area contributed by atoms with Gasteiger partial charge in [0, 0.05) is 18.8 Å².